The molecule has 2 atom stereocenters. The average Bonchev–Trinajstić information content (AvgIpc) is 2.61. The van der Waals surface area contributed by atoms with Crippen LogP contribution in [0, 0.1) is 0 Å². The second kappa shape index (κ2) is 10.2. The maximum Gasteiger partial charge on any atom is 0.221 e. The maximum absolute atomic E-state index is 12.0. The summed E-state index contributed by atoms with van der Waals surface area (Å²) in [7, 11) is 1.85. The number of carbonyl (C=O) groups excluding carboxylic acids is 1. The fraction of sp³-hybridized carbons (Fsp3) is 0.632. The van der Waals surface area contributed by atoms with Crippen LogP contribution < -0.4 is 20.1 Å². The van der Waals surface area contributed by atoms with Crippen LogP contribution in [-0.4, -0.2) is 38.3 Å². The molecule has 2 rings (SSSR count). The first-order valence-electron chi connectivity index (χ1n) is 9.06. The third-order valence-corrected chi connectivity index (χ3v) is 4.24. The predicted octanol–water partition coefficient (Wildman–Crippen LogP) is 2.89. The number of hydrogen-bond donors (Lipinski definition) is 2. The van der Waals surface area contributed by atoms with Gasteiger partial charge in [0.2, 0.25) is 5.91 Å². The number of nitrogens with one attached hydrogen (secondary N) is 2. The number of hydrogen-bond acceptors (Lipinski definition) is 4. The molecule has 0 bridgehead atoms. The summed E-state index contributed by atoms with van der Waals surface area (Å²) in [6.07, 6.45) is 5.78. The molecule has 2 N–H and O–H groups in total. The smallest absolute Gasteiger partial charge is 0.221 e. The van der Waals surface area contributed by atoms with Crippen molar-refractivity contribution in [3.63, 3.8) is 0 Å². The zero-order valence-corrected chi connectivity index (χ0v) is 14.8. The van der Waals surface area contributed by atoms with Crippen molar-refractivity contribution in [3.8, 4) is 11.5 Å². The van der Waals surface area contributed by atoms with E-state index in [1.165, 1.54) is 0 Å². The molecule has 1 aliphatic rings. The molecule has 0 saturated heterocycles. The Bertz CT molecular complexity index is 490. The molecule has 0 heterocycles. The molecule has 1 aromatic carbocycles. The molecule has 1 fully saturated rings. The Hall–Kier alpha value is -1.75. The Morgan fingerprint density at radius 1 is 1.17 bits per heavy atom. The van der Waals surface area contributed by atoms with Crippen molar-refractivity contribution < 1.29 is 14.3 Å². The topological polar surface area (TPSA) is 59.6 Å². The highest BCUT2D eigenvalue weighted by atomic mass is 16.5. The summed E-state index contributed by atoms with van der Waals surface area (Å²) in [6, 6.07) is 7.86. The van der Waals surface area contributed by atoms with Gasteiger partial charge in [0.1, 0.15) is 17.6 Å². The summed E-state index contributed by atoms with van der Waals surface area (Å²) in [5, 5.41) is 6.14. The Labute approximate surface area is 145 Å². The Kier molecular flexibility index (Phi) is 7.89. The van der Waals surface area contributed by atoms with E-state index in [1.807, 2.05) is 31.3 Å². The summed E-state index contributed by atoms with van der Waals surface area (Å²) in [5.74, 6) is 1.79. The van der Waals surface area contributed by atoms with E-state index >= 15 is 0 Å². The Balaban J connectivity index is 1.89. The van der Waals surface area contributed by atoms with Gasteiger partial charge in [-0.15, -0.1) is 0 Å². The van der Waals surface area contributed by atoms with Crippen LogP contribution in [0.15, 0.2) is 24.3 Å². The van der Waals surface area contributed by atoms with E-state index in [2.05, 4.69) is 17.6 Å². The van der Waals surface area contributed by atoms with Gasteiger partial charge in [-0.1, -0.05) is 13.3 Å². The molecule has 1 amide bonds. The fourth-order valence-electron chi connectivity index (χ4n) is 2.93. The minimum absolute atomic E-state index is 0.0414. The number of rotatable bonds is 9. The van der Waals surface area contributed by atoms with E-state index < -0.39 is 0 Å². The van der Waals surface area contributed by atoms with Gasteiger partial charge in [0, 0.05) is 13.0 Å². The molecule has 134 valence electrons. The first kappa shape index (κ1) is 18.6. The van der Waals surface area contributed by atoms with Crippen LogP contribution >= 0.6 is 0 Å². The first-order valence-corrected chi connectivity index (χ1v) is 9.06. The van der Waals surface area contributed by atoms with E-state index in [4.69, 9.17) is 9.47 Å². The zero-order valence-electron chi connectivity index (χ0n) is 14.8. The van der Waals surface area contributed by atoms with Crippen molar-refractivity contribution in [2.24, 2.45) is 0 Å². The van der Waals surface area contributed by atoms with Crippen LogP contribution in [0.25, 0.3) is 0 Å². The number of ether oxygens (including phenoxy) is 2. The average molecular weight is 334 g/mol. The van der Waals surface area contributed by atoms with Crippen LogP contribution in [0.5, 0.6) is 11.5 Å². The summed E-state index contributed by atoms with van der Waals surface area (Å²) in [6.45, 7) is 3.51. The van der Waals surface area contributed by atoms with Gasteiger partial charge in [-0.2, -0.15) is 0 Å². The summed E-state index contributed by atoms with van der Waals surface area (Å²) in [4.78, 5) is 12.0. The van der Waals surface area contributed by atoms with E-state index in [9.17, 15) is 4.79 Å². The number of benzene rings is 1. The lowest BCUT2D eigenvalue weighted by atomic mass is 9.92. The summed E-state index contributed by atoms with van der Waals surface area (Å²) in [5.41, 5.74) is 0. The maximum atomic E-state index is 12.0. The standard InChI is InChI=1S/C19H30N2O3/c1-3-14-23-15-8-10-16(11-9-15)24-18-7-5-4-6-17(18)21-19(22)12-13-20-2/h8-11,17-18,20H,3-7,12-14H2,1-2H3,(H,21,22). The molecule has 0 aliphatic heterocycles. The van der Waals surface area contributed by atoms with Gasteiger partial charge in [-0.3, -0.25) is 4.79 Å². The van der Waals surface area contributed by atoms with Crippen molar-refractivity contribution in [1.82, 2.24) is 10.6 Å². The van der Waals surface area contributed by atoms with Gasteiger partial charge < -0.3 is 20.1 Å². The van der Waals surface area contributed by atoms with Crippen molar-refractivity contribution in [1.29, 1.82) is 0 Å². The molecule has 0 spiro atoms. The van der Waals surface area contributed by atoms with Crippen molar-refractivity contribution >= 4 is 5.91 Å². The van der Waals surface area contributed by atoms with Crippen LogP contribution in [0.3, 0.4) is 0 Å². The Morgan fingerprint density at radius 3 is 2.58 bits per heavy atom. The predicted molar refractivity (Wildman–Crippen MR) is 95.6 cm³/mol. The zero-order chi connectivity index (χ0) is 17.2. The molecular weight excluding hydrogens is 304 g/mol. The lowest BCUT2D eigenvalue weighted by Crippen LogP contribution is -2.48. The van der Waals surface area contributed by atoms with Gasteiger partial charge in [0.25, 0.3) is 0 Å². The van der Waals surface area contributed by atoms with Crippen LogP contribution in [0.1, 0.15) is 45.4 Å². The molecule has 1 saturated carbocycles. The van der Waals surface area contributed by atoms with E-state index in [0.29, 0.717) is 13.0 Å². The fourth-order valence-corrected chi connectivity index (χ4v) is 2.93. The lowest BCUT2D eigenvalue weighted by molar-refractivity contribution is -0.122. The normalized spacial score (nSPS) is 20.4. The minimum atomic E-state index is 0.0414. The van der Waals surface area contributed by atoms with E-state index in [1.54, 1.807) is 0 Å². The van der Waals surface area contributed by atoms with Crippen LogP contribution in [-0.2, 0) is 4.79 Å². The summed E-state index contributed by atoms with van der Waals surface area (Å²) < 4.78 is 11.7. The molecule has 0 radical (unpaired) electrons. The molecule has 0 aromatic heterocycles. The molecule has 5 nitrogen and oxygen atoms in total. The highest BCUT2D eigenvalue weighted by molar-refractivity contribution is 5.76. The van der Waals surface area contributed by atoms with Crippen LogP contribution in [0.2, 0.25) is 0 Å². The van der Waals surface area contributed by atoms with Crippen molar-refractivity contribution in [3.05, 3.63) is 24.3 Å². The molecule has 1 aliphatic carbocycles. The van der Waals surface area contributed by atoms with Gasteiger partial charge >= 0.3 is 0 Å². The quantitative estimate of drug-likeness (QED) is 0.729. The third-order valence-electron chi connectivity index (χ3n) is 4.24. The number of amides is 1. The lowest BCUT2D eigenvalue weighted by Gasteiger charge is -2.32. The molecular formula is C19H30N2O3. The molecule has 5 heteroatoms. The van der Waals surface area contributed by atoms with Crippen LogP contribution in [0.4, 0.5) is 0 Å². The monoisotopic (exact) mass is 334 g/mol. The first-order chi connectivity index (χ1) is 11.7. The van der Waals surface area contributed by atoms with Gasteiger partial charge in [-0.25, -0.2) is 0 Å². The Morgan fingerprint density at radius 2 is 1.88 bits per heavy atom. The molecule has 24 heavy (non-hydrogen) atoms. The van der Waals surface area contributed by atoms with Crippen molar-refractivity contribution in [2.75, 3.05) is 20.2 Å². The van der Waals surface area contributed by atoms with E-state index in [0.717, 1.165) is 50.2 Å². The van der Waals surface area contributed by atoms with Gasteiger partial charge in [0.15, 0.2) is 0 Å². The third kappa shape index (κ3) is 6.04. The highest BCUT2D eigenvalue weighted by Gasteiger charge is 2.28. The highest BCUT2D eigenvalue weighted by Crippen LogP contribution is 2.25. The molecule has 2 unspecified atom stereocenters. The van der Waals surface area contributed by atoms with Gasteiger partial charge in [-0.05, 0) is 57.0 Å². The van der Waals surface area contributed by atoms with Crippen molar-refractivity contribution in [2.45, 2.75) is 57.6 Å². The van der Waals surface area contributed by atoms with Gasteiger partial charge in [0.05, 0.1) is 12.6 Å². The second-order valence-corrected chi connectivity index (χ2v) is 6.29. The second-order valence-electron chi connectivity index (χ2n) is 6.29. The minimum Gasteiger partial charge on any atom is -0.494 e. The molecule has 1 aromatic rings. The van der Waals surface area contributed by atoms with E-state index in [-0.39, 0.29) is 18.1 Å². The SMILES string of the molecule is CCCOc1ccc(OC2CCCCC2NC(=O)CCNC)cc1. The summed E-state index contributed by atoms with van der Waals surface area (Å²) >= 11 is 0. The number of carbonyl (C=O) groups is 1. The largest absolute Gasteiger partial charge is 0.494 e.